The largest absolute Gasteiger partial charge is 0.313 e. The number of hydrogen-bond donors (Lipinski definition) is 1. The summed E-state index contributed by atoms with van der Waals surface area (Å²) in [5.41, 5.74) is 1.23. The van der Waals surface area contributed by atoms with Crippen LogP contribution in [0.2, 0.25) is 0 Å². The molecule has 0 amide bonds. The van der Waals surface area contributed by atoms with E-state index in [1.54, 1.807) is 0 Å². The van der Waals surface area contributed by atoms with Gasteiger partial charge in [0.2, 0.25) is 0 Å². The van der Waals surface area contributed by atoms with Gasteiger partial charge in [-0.2, -0.15) is 0 Å². The molecule has 1 nitrogen and oxygen atoms in total. The maximum Gasteiger partial charge on any atom is 0.0285 e. The van der Waals surface area contributed by atoms with Gasteiger partial charge < -0.3 is 5.32 Å². The van der Waals surface area contributed by atoms with Gasteiger partial charge in [0.25, 0.3) is 0 Å². The number of likely N-dealkylation sites (N-methyl/N-ethyl adjacent to an activating group) is 1. The first kappa shape index (κ1) is 7.29. The Hall–Kier alpha value is -0.820. The van der Waals surface area contributed by atoms with Crippen molar-refractivity contribution in [2.45, 2.75) is 12.5 Å². The van der Waals surface area contributed by atoms with Crippen LogP contribution in [-0.4, -0.2) is 13.1 Å². The molecule has 54 valence electrons. The molecule has 0 spiro atoms. The summed E-state index contributed by atoms with van der Waals surface area (Å²) in [5.74, 6) is 0. The molecule has 1 unspecified atom stereocenters. The molecule has 1 atom stereocenters. The van der Waals surface area contributed by atoms with Crippen LogP contribution in [-0.2, 0) is 0 Å². The van der Waals surface area contributed by atoms with E-state index in [2.05, 4.69) is 30.1 Å². The summed E-state index contributed by atoms with van der Waals surface area (Å²) >= 11 is 0. The Bertz CT molecular complexity index is 177. The smallest absolute Gasteiger partial charge is 0.0285 e. The summed E-state index contributed by atoms with van der Waals surface area (Å²) in [6.07, 6.45) is 9.40. The molecule has 1 aliphatic rings. The van der Waals surface area contributed by atoms with Crippen molar-refractivity contribution in [3.8, 4) is 0 Å². The molecule has 0 saturated heterocycles. The third kappa shape index (κ3) is 1.58. The van der Waals surface area contributed by atoms with Crippen LogP contribution in [0.4, 0.5) is 0 Å². The summed E-state index contributed by atoms with van der Waals surface area (Å²) < 4.78 is 0. The van der Waals surface area contributed by atoms with E-state index in [4.69, 9.17) is 0 Å². The van der Waals surface area contributed by atoms with Gasteiger partial charge >= 0.3 is 0 Å². The summed E-state index contributed by atoms with van der Waals surface area (Å²) in [4.78, 5) is 0. The van der Waals surface area contributed by atoms with Gasteiger partial charge in [0.15, 0.2) is 0 Å². The molecule has 0 radical (unpaired) electrons. The fourth-order valence-electron chi connectivity index (χ4n) is 1.00. The Morgan fingerprint density at radius 2 is 2.60 bits per heavy atom. The van der Waals surface area contributed by atoms with Gasteiger partial charge in [-0.25, -0.2) is 0 Å². The maximum atomic E-state index is 3.70. The molecular formula is C9H13N. The zero-order valence-electron chi connectivity index (χ0n) is 6.30. The van der Waals surface area contributed by atoms with E-state index in [1.807, 2.05) is 13.1 Å². The van der Waals surface area contributed by atoms with Gasteiger partial charge in [-0.3, -0.25) is 0 Å². The van der Waals surface area contributed by atoms with Crippen LogP contribution in [0.25, 0.3) is 0 Å². The van der Waals surface area contributed by atoms with Crippen LogP contribution in [0, 0.1) is 0 Å². The molecule has 1 aliphatic carbocycles. The molecule has 0 aromatic carbocycles. The highest BCUT2D eigenvalue weighted by atomic mass is 14.9. The van der Waals surface area contributed by atoms with Crippen LogP contribution >= 0.6 is 0 Å². The van der Waals surface area contributed by atoms with Crippen molar-refractivity contribution in [3.05, 3.63) is 36.5 Å². The molecule has 1 N–H and O–H groups in total. The lowest BCUT2D eigenvalue weighted by molar-refractivity contribution is 0.670. The second-order valence-electron chi connectivity index (χ2n) is 2.40. The first-order valence-electron chi connectivity index (χ1n) is 3.55. The molecule has 0 aromatic heterocycles. The molecular weight excluding hydrogens is 122 g/mol. The van der Waals surface area contributed by atoms with Crippen LogP contribution in [0.1, 0.15) is 6.42 Å². The third-order valence-electron chi connectivity index (χ3n) is 1.73. The van der Waals surface area contributed by atoms with Crippen molar-refractivity contribution in [2.75, 3.05) is 7.05 Å². The molecule has 10 heavy (non-hydrogen) atoms. The highest BCUT2D eigenvalue weighted by Gasteiger charge is 2.02. The minimum Gasteiger partial charge on any atom is -0.313 e. The van der Waals surface area contributed by atoms with Crippen LogP contribution in [0.15, 0.2) is 36.5 Å². The molecule has 0 heterocycles. The maximum absolute atomic E-state index is 3.70. The number of hydrogen-bond acceptors (Lipinski definition) is 1. The Morgan fingerprint density at radius 3 is 3.00 bits per heavy atom. The number of allylic oxidation sites excluding steroid dienone is 3. The second-order valence-corrected chi connectivity index (χ2v) is 2.40. The highest BCUT2D eigenvalue weighted by molar-refractivity contribution is 5.33. The third-order valence-corrected chi connectivity index (χ3v) is 1.73. The van der Waals surface area contributed by atoms with Crippen LogP contribution < -0.4 is 5.32 Å². The first-order chi connectivity index (χ1) is 4.86. The molecule has 1 rings (SSSR count). The standard InChI is InChI=1S/C9H13N/c1-3-8-4-6-9(10-2)7-5-8/h3-6,9-10H,1,7H2,2H3. The van der Waals surface area contributed by atoms with E-state index in [1.165, 1.54) is 5.57 Å². The Balaban J connectivity index is 2.54. The molecule has 1 heteroatoms. The van der Waals surface area contributed by atoms with Gasteiger partial charge in [-0.1, -0.05) is 30.9 Å². The SMILES string of the molecule is C=CC1=CCC(NC)C=C1. The van der Waals surface area contributed by atoms with Crippen molar-refractivity contribution in [3.63, 3.8) is 0 Å². The van der Waals surface area contributed by atoms with E-state index in [0.29, 0.717) is 6.04 Å². The van der Waals surface area contributed by atoms with E-state index in [9.17, 15) is 0 Å². The summed E-state index contributed by atoms with van der Waals surface area (Å²) in [7, 11) is 1.97. The zero-order chi connectivity index (χ0) is 7.40. The molecule has 0 aliphatic heterocycles. The lowest BCUT2D eigenvalue weighted by Crippen LogP contribution is -2.23. The number of nitrogens with one attached hydrogen (secondary N) is 1. The fraction of sp³-hybridized carbons (Fsp3) is 0.333. The van der Waals surface area contributed by atoms with Crippen molar-refractivity contribution in [1.82, 2.24) is 5.32 Å². The van der Waals surface area contributed by atoms with E-state index in [-0.39, 0.29) is 0 Å². The highest BCUT2D eigenvalue weighted by Crippen LogP contribution is 2.10. The summed E-state index contributed by atoms with van der Waals surface area (Å²) in [6, 6.07) is 0.517. The summed E-state index contributed by atoms with van der Waals surface area (Å²) in [5, 5.41) is 3.18. The Morgan fingerprint density at radius 1 is 1.80 bits per heavy atom. The van der Waals surface area contributed by atoms with Gasteiger partial charge in [0.1, 0.15) is 0 Å². The zero-order valence-corrected chi connectivity index (χ0v) is 6.30. The van der Waals surface area contributed by atoms with E-state index >= 15 is 0 Å². The quantitative estimate of drug-likeness (QED) is 0.607. The minimum atomic E-state index is 0.517. The van der Waals surface area contributed by atoms with Crippen LogP contribution in [0.3, 0.4) is 0 Å². The number of rotatable bonds is 2. The second kappa shape index (κ2) is 3.37. The first-order valence-corrected chi connectivity index (χ1v) is 3.55. The summed E-state index contributed by atoms with van der Waals surface area (Å²) in [6.45, 7) is 3.70. The lowest BCUT2D eigenvalue weighted by atomic mass is 10.0. The lowest BCUT2D eigenvalue weighted by Gasteiger charge is -2.12. The average Bonchev–Trinajstić information content (AvgIpc) is 2.05. The topological polar surface area (TPSA) is 12.0 Å². The predicted octanol–water partition coefficient (Wildman–Crippen LogP) is 1.65. The predicted molar refractivity (Wildman–Crippen MR) is 44.9 cm³/mol. The average molecular weight is 135 g/mol. The molecule has 0 saturated carbocycles. The van der Waals surface area contributed by atoms with Crippen molar-refractivity contribution in [2.24, 2.45) is 0 Å². The van der Waals surface area contributed by atoms with E-state index < -0.39 is 0 Å². The Labute approximate surface area is 62.1 Å². The van der Waals surface area contributed by atoms with Gasteiger partial charge in [-0.05, 0) is 19.0 Å². The van der Waals surface area contributed by atoms with Gasteiger partial charge in [0.05, 0.1) is 0 Å². The Kier molecular flexibility index (Phi) is 2.46. The van der Waals surface area contributed by atoms with Crippen LogP contribution in [0.5, 0.6) is 0 Å². The van der Waals surface area contributed by atoms with Crippen molar-refractivity contribution < 1.29 is 0 Å². The van der Waals surface area contributed by atoms with Gasteiger partial charge in [0, 0.05) is 6.04 Å². The minimum absolute atomic E-state index is 0.517. The molecule has 0 aromatic rings. The van der Waals surface area contributed by atoms with Gasteiger partial charge in [-0.15, -0.1) is 0 Å². The monoisotopic (exact) mass is 135 g/mol. The normalized spacial score (nSPS) is 24.1. The molecule has 0 bridgehead atoms. The van der Waals surface area contributed by atoms with Crippen molar-refractivity contribution in [1.29, 1.82) is 0 Å². The molecule has 0 fully saturated rings. The van der Waals surface area contributed by atoms with Crippen molar-refractivity contribution >= 4 is 0 Å². The van der Waals surface area contributed by atoms with E-state index in [0.717, 1.165) is 6.42 Å². The fourth-order valence-corrected chi connectivity index (χ4v) is 1.00.